The van der Waals surface area contributed by atoms with Crippen LogP contribution in [-0.4, -0.2) is 19.0 Å². The minimum atomic E-state index is -0.225. The van der Waals surface area contributed by atoms with Gasteiger partial charge in [0.2, 0.25) is 5.91 Å². The smallest absolute Gasteiger partial charge is 0.234 e. The number of carbonyl (C=O) groups excluding carboxylic acids is 1. The van der Waals surface area contributed by atoms with E-state index in [-0.39, 0.29) is 11.3 Å². The molecule has 3 heteroatoms. The van der Waals surface area contributed by atoms with Crippen molar-refractivity contribution in [2.45, 2.75) is 19.3 Å². The average Bonchev–Trinajstić information content (AvgIpc) is 3.02. The maximum Gasteiger partial charge on any atom is 0.234 e. The Balaban J connectivity index is 1.91. The molecule has 0 bridgehead atoms. The van der Waals surface area contributed by atoms with Crippen molar-refractivity contribution in [3.63, 3.8) is 0 Å². The lowest BCUT2D eigenvalue weighted by atomic mass is 10.1. The summed E-state index contributed by atoms with van der Waals surface area (Å²) in [7, 11) is 0. The molecule has 1 fully saturated rings. The van der Waals surface area contributed by atoms with Gasteiger partial charge in [0, 0.05) is 18.8 Å². The topological polar surface area (TPSA) is 46.3 Å². The van der Waals surface area contributed by atoms with Crippen LogP contribution in [-0.2, 0) is 11.2 Å². The van der Waals surface area contributed by atoms with Gasteiger partial charge in [-0.1, -0.05) is 18.2 Å². The summed E-state index contributed by atoms with van der Waals surface area (Å²) >= 11 is 0. The molecule has 1 aromatic carbocycles. The fraction of sp³-hybridized carbons (Fsp3) is 0.462. The summed E-state index contributed by atoms with van der Waals surface area (Å²) in [4.78, 5) is 14.3. The SMILES string of the molecule is NCC1(C(=O)N2CCc3ccccc32)CC1. The molecule has 1 amide bonds. The lowest BCUT2D eigenvalue weighted by molar-refractivity contribution is -0.123. The van der Waals surface area contributed by atoms with E-state index < -0.39 is 0 Å². The lowest BCUT2D eigenvalue weighted by Crippen LogP contribution is -2.39. The van der Waals surface area contributed by atoms with Crippen LogP contribution < -0.4 is 10.6 Å². The van der Waals surface area contributed by atoms with E-state index in [0.717, 1.165) is 31.5 Å². The van der Waals surface area contributed by atoms with Crippen molar-refractivity contribution in [1.29, 1.82) is 0 Å². The molecule has 1 aliphatic heterocycles. The maximum absolute atomic E-state index is 12.4. The first-order valence-corrected chi connectivity index (χ1v) is 5.87. The Hall–Kier alpha value is -1.35. The van der Waals surface area contributed by atoms with Crippen LogP contribution in [0.5, 0.6) is 0 Å². The van der Waals surface area contributed by atoms with Gasteiger partial charge in [0.05, 0.1) is 5.41 Å². The van der Waals surface area contributed by atoms with E-state index in [0.29, 0.717) is 6.54 Å². The van der Waals surface area contributed by atoms with Crippen LogP contribution in [0.25, 0.3) is 0 Å². The molecule has 1 aliphatic carbocycles. The van der Waals surface area contributed by atoms with Gasteiger partial charge < -0.3 is 10.6 Å². The van der Waals surface area contributed by atoms with Crippen LogP contribution in [0.2, 0.25) is 0 Å². The zero-order chi connectivity index (χ0) is 11.2. The highest BCUT2D eigenvalue weighted by Crippen LogP contribution is 2.47. The lowest BCUT2D eigenvalue weighted by Gasteiger charge is -2.22. The summed E-state index contributed by atoms with van der Waals surface area (Å²) in [5, 5.41) is 0. The molecule has 0 aromatic heterocycles. The first kappa shape index (κ1) is 9.85. The van der Waals surface area contributed by atoms with Gasteiger partial charge in [-0.05, 0) is 30.9 Å². The summed E-state index contributed by atoms with van der Waals surface area (Å²) in [6.45, 7) is 1.31. The minimum absolute atomic E-state index is 0.225. The number of hydrogen-bond acceptors (Lipinski definition) is 2. The van der Waals surface area contributed by atoms with Crippen LogP contribution in [0.4, 0.5) is 5.69 Å². The van der Waals surface area contributed by atoms with Gasteiger partial charge in [0.25, 0.3) is 0 Å². The van der Waals surface area contributed by atoms with Crippen molar-refractivity contribution in [2.75, 3.05) is 18.0 Å². The third-order valence-corrected chi connectivity index (χ3v) is 3.83. The minimum Gasteiger partial charge on any atom is -0.329 e. The third-order valence-electron chi connectivity index (χ3n) is 3.83. The molecule has 2 N–H and O–H groups in total. The number of rotatable bonds is 2. The van der Waals surface area contributed by atoms with Crippen LogP contribution in [0.1, 0.15) is 18.4 Å². The molecule has 0 atom stereocenters. The third kappa shape index (κ3) is 1.28. The number of fused-ring (bicyclic) bond motifs is 1. The van der Waals surface area contributed by atoms with Crippen LogP contribution >= 0.6 is 0 Å². The molecular formula is C13H16N2O. The van der Waals surface area contributed by atoms with E-state index in [4.69, 9.17) is 5.73 Å². The Bertz CT molecular complexity index is 437. The molecule has 2 aliphatic rings. The quantitative estimate of drug-likeness (QED) is 0.810. The number of anilines is 1. The van der Waals surface area contributed by atoms with E-state index in [1.807, 2.05) is 23.1 Å². The number of amides is 1. The Labute approximate surface area is 95.2 Å². The van der Waals surface area contributed by atoms with Crippen LogP contribution in [0.15, 0.2) is 24.3 Å². The van der Waals surface area contributed by atoms with Gasteiger partial charge in [0.1, 0.15) is 0 Å². The molecule has 84 valence electrons. The molecule has 0 spiro atoms. The average molecular weight is 216 g/mol. The maximum atomic E-state index is 12.4. The Kier molecular flexibility index (Phi) is 2.04. The van der Waals surface area contributed by atoms with Crippen molar-refractivity contribution in [3.05, 3.63) is 29.8 Å². The Morgan fingerprint density at radius 2 is 2.12 bits per heavy atom. The van der Waals surface area contributed by atoms with Gasteiger partial charge in [0.15, 0.2) is 0 Å². The Morgan fingerprint density at radius 3 is 2.81 bits per heavy atom. The second-order valence-electron chi connectivity index (χ2n) is 4.82. The molecule has 0 unspecified atom stereocenters. The largest absolute Gasteiger partial charge is 0.329 e. The summed E-state index contributed by atoms with van der Waals surface area (Å²) in [6, 6.07) is 8.16. The van der Waals surface area contributed by atoms with Crippen molar-refractivity contribution in [3.8, 4) is 0 Å². The van der Waals surface area contributed by atoms with E-state index in [9.17, 15) is 4.79 Å². The number of nitrogens with zero attached hydrogens (tertiary/aromatic N) is 1. The predicted octanol–water partition coefficient (Wildman–Crippen LogP) is 1.31. The molecule has 1 saturated carbocycles. The molecular weight excluding hydrogens is 200 g/mol. The van der Waals surface area contributed by atoms with Crippen molar-refractivity contribution < 1.29 is 4.79 Å². The number of benzene rings is 1. The number of hydrogen-bond donors (Lipinski definition) is 1. The molecule has 16 heavy (non-hydrogen) atoms. The Morgan fingerprint density at radius 1 is 1.38 bits per heavy atom. The molecule has 1 aromatic rings. The van der Waals surface area contributed by atoms with E-state index in [1.54, 1.807) is 0 Å². The van der Waals surface area contributed by atoms with Crippen molar-refractivity contribution >= 4 is 11.6 Å². The van der Waals surface area contributed by atoms with E-state index in [2.05, 4.69) is 6.07 Å². The highest BCUT2D eigenvalue weighted by atomic mass is 16.2. The van der Waals surface area contributed by atoms with E-state index in [1.165, 1.54) is 5.56 Å². The summed E-state index contributed by atoms with van der Waals surface area (Å²) in [5.41, 5.74) is 7.86. The van der Waals surface area contributed by atoms with Gasteiger partial charge in [-0.3, -0.25) is 4.79 Å². The second-order valence-corrected chi connectivity index (χ2v) is 4.82. The fourth-order valence-electron chi connectivity index (χ4n) is 2.49. The molecule has 3 nitrogen and oxygen atoms in total. The highest BCUT2D eigenvalue weighted by molar-refractivity contribution is 6.01. The number of nitrogens with two attached hydrogens (primary N) is 1. The normalized spacial score (nSPS) is 20.7. The van der Waals surface area contributed by atoms with Crippen molar-refractivity contribution in [1.82, 2.24) is 0 Å². The fourth-order valence-corrected chi connectivity index (χ4v) is 2.49. The molecule has 3 rings (SSSR count). The van der Waals surface area contributed by atoms with Gasteiger partial charge in [-0.15, -0.1) is 0 Å². The molecule has 1 heterocycles. The standard InChI is InChI=1S/C13H16N2O/c14-9-13(6-7-13)12(16)15-8-5-10-3-1-2-4-11(10)15/h1-4H,5-9,14H2. The first-order chi connectivity index (χ1) is 7.77. The van der Waals surface area contributed by atoms with Crippen molar-refractivity contribution in [2.24, 2.45) is 11.1 Å². The predicted molar refractivity (Wildman–Crippen MR) is 63.2 cm³/mol. The van der Waals surface area contributed by atoms with Crippen LogP contribution in [0.3, 0.4) is 0 Å². The van der Waals surface area contributed by atoms with Crippen LogP contribution in [0, 0.1) is 5.41 Å². The van der Waals surface area contributed by atoms with Gasteiger partial charge >= 0.3 is 0 Å². The number of para-hydroxylation sites is 1. The van der Waals surface area contributed by atoms with Gasteiger partial charge in [-0.25, -0.2) is 0 Å². The zero-order valence-corrected chi connectivity index (χ0v) is 9.28. The monoisotopic (exact) mass is 216 g/mol. The summed E-state index contributed by atoms with van der Waals surface area (Å²) in [6.07, 6.45) is 2.89. The summed E-state index contributed by atoms with van der Waals surface area (Å²) < 4.78 is 0. The van der Waals surface area contributed by atoms with Gasteiger partial charge in [-0.2, -0.15) is 0 Å². The molecule has 0 radical (unpaired) electrons. The zero-order valence-electron chi connectivity index (χ0n) is 9.28. The van der Waals surface area contributed by atoms with E-state index >= 15 is 0 Å². The highest BCUT2D eigenvalue weighted by Gasteiger charge is 2.51. The summed E-state index contributed by atoms with van der Waals surface area (Å²) in [5.74, 6) is 0.236. The second kappa shape index (κ2) is 3.32. The number of carbonyl (C=O) groups is 1. The first-order valence-electron chi connectivity index (χ1n) is 5.87. The molecule has 0 saturated heterocycles.